The van der Waals surface area contributed by atoms with Gasteiger partial charge in [0.2, 0.25) is 0 Å². The normalized spacial score (nSPS) is 11.4. The maximum absolute atomic E-state index is 3.45. The molecule has 0 fully saturated rings. The summed E-state index contributed by atoms with van der Waals surface area (Å²) in [7, 11) is 0. The fraction of sp³-hybridized carbons (Fsp3) is 0.385. The zero-order valence-electron chi connectivity index (χ0n) is 9.09. The van der Waals surface area contributed by atoms with Gasteiger partial charge in [0.15, 0.2) is 0 Å². The van der Waals surface area contributed by atoms with E-state index in [1.165, 1.54) is 11.3 Å². The van der Waals surface area contributed by atoms with Crippen LogP contribution < -0.4 is 5.32 Å². The van der Waals surface area contributed by atoms with E-state index < -0.39 is 0 Å². The lowest BCUT2D eigenvalue weighted by molar-refractivity contribution is 0.821. The van der Waals surface area contributed by atoms with Crippen molar-refractivity contribution in [1.29, 1.82) is 0 Å². The minimum absolute atomic E-state index is 1.04. The topological polar surface area (TPSA) is 12.0 Å². The lowest BCUT2D eigenvalue weighted by atomic mass is 10.1. The summed E-state index contributed by atoms with van der Waals surface area (Å²) in [6.45, 7) is 5.39. The molecular weight excluding hydrogens is 170 g/mol. The molecule has 1 aromatic carbocycles. The van der Waals surface area contributed by atoms with E-state index in [0.717, 1.165) is 19.4 Å². The van der Waals surface area contributed by atoms with Gasteiger partial charge in [-0.15, -0.1) is 0 Å². The number of allylic oxidation sites excluding steroid dienone is 1. The van der Waals surface area contributed by atoms with Crippen LogP contribution in [0, 0.1) is 0 Å². The molecule has 76 valence electrons. The van der Waals surface area contributed by atoms with E-state index in [-0.39, 0.29) is 0 Å². The van der Waals surface area contributed by atoms with Crippen molar-refractivity contribution in [1.82, 2.24) is 5.32 Å². The predicted octanol–water partition coefficient (Wildman–Crippen LogP) is 3.44. The third kappa shape index (κ3) is 3.25. The Hall–Kier alpha value is -1.24. The van der Waals surface area contributed by atoms with Gasteiger partial charge in [-0.3, -0.25) is 0 Å². The van der Waals surface area contributed by atoms with Gasteiger partial charge in [-0.05, 0) is 18.4 Å². The fourth-order valence-corrected chi connectivity index (χ4v) is 1.37. The second-order valence-electron chi connectivity index (χ2n) is 3.32. The second-order valence-corrected chi connectivity index (χ2v) is 3.32. The number of benzene rings is 1. The molecule has 1 heteroatoms. The smallest absolute Gasteiger partial charge is 0.0373 e. The van der Waals surface area contributed by atoms with Crippen LogP contribution in [-0.2, 0) is 0 Å². The van der Waals surface area contributed by atoms with Gasteiger partial charge in [0, 0.05) is 12.2 Å². The van der Waals surface area contributed by atoms with Crippen LogP contribution in [0.2, 0.25) is 0 Å². The van der Waals surface area contributed by atoms with Gasteiger partial charge < -0.3 is 5.32 Å². The van der Waals surface area contributed by atoms with Crippen molar-refractivity contribution in [2.75, 3.05) is 6.54 Å². The first-order valence-corrected chi connectivity index (χ1v) is 5.38. The second kappa shape index (κ2) is 6.25. The highest BCUT2D eigenvalue weighted by Gasteiger charge is 1.97. The van der Waals surface area contributed by atoms with Gasteiger partial charge in [0.1, 0.15) is 0 Å². The molecule has 0 unspecified atom stereocenters. The summed E-state index contributed by atoms with van der Waals surface area (Å²) < 4.78 is 0. The monoisotopic (exact) mass is 189 g/mol. The Morgan fingerprint density at radius 1 is 1.21 bits per heavy atom. The summed E-state index contributed by atoms with van der Waals surface area (Å²) in [5, 5.41) is 3.45. The number of nitrogens with one attached hydrogen (secondary N) is 1. The molecule has 0 bridgehead atoms. The summed E-state index contributed by atoms with van der Waals surface area (Å²) in [5.41, 5.74) is 2.54. The molecule has 0 heterocycles. The first-order chi connectivity index (χ1) is 6.88. The third-order valence-corrected chi connectivity index (χ3v) is 2.06. The average Bonchev–Trinajstić information content (AvgIpc) is 2.25. The Kier molecular flexibility index (Phi) is 4.84. The minimum Gasteiger partial charge on any atom is -0.385 e. The Balaban J connectivity index is 2.73. The van der Waals surface area contributed by atoms with Crippen molar-refractivity contribution in [2.45, 2.75) is 26.7 Å². The van der Waals surface area contributed by atoms with E-state index in [1.54, 1.807) is 0 Å². The van der Waals surface area contributed by atoms with E-state index in [9.17, 15) is 0 Å². The molecule has 0 aliphatic rings. The van der Waals surface area contributed by atoms with E-state index >= 15 is 0 Å². The Bertz CT molecular complexity index is 275. The van der Waals surface area contributed by atoms with Crippen LogP contribution in [0.5, 0.6) is 0 Å². The van der Waals surface area contributed by atoms with E-state index in [2.05, 4.69) is 49.5 Å². The van der Waals surface area contributed by atoms with Gasteiger partial charge in [0.25, 0.3) is 0 Å². The zero-order chi connectivity index (χ0) is 10.2. The maximum Gasteiger partial charge on any atom is 0.0373 e. The third-order valence-electron chi connectivity index (χ3n) is 2.06. The first-order valence-electron chi connectivity index (χ1n) is 5.38. The van der Waals surface area contributed by atoms with Crippen LogP contribution in [0.4, 0.5) is 0 Å². The Morgan fingerprint density at radius 3 is 2.50 bits per heavy atom. The Labute approximate surface area is 86.8 Å². The SMILES string of the molecule is CC/C=C(\NCCC)c1ccccc1. The molecule has 0 aliphatic carbocycles. The molecule has 14 heavy (non-hydrogen) atoms. The summed E-state index contributed by atoms with van der Waals surface area (Å²) in [6.07, 6.45) is 4.47. The fourth-order valence-electron chi connectivity index (χ4n) is 1.37. The van der Waals surface area contributed by atoms with Crippen LogP contribution in [0.3, 0.4) is 0 Å². The molecule has 0 atom stereocenters. The highest BCUT2D eigenvalue weighted by molar-refractivity contribution is 5.63. The highest BCUT2D eigenvalue weighted by atomic mass is 14.9. The number of hydrogen-bond acceptors (Lipinski definition) is 1. The van der Waals surface area contributed by atoms with Gasteiger partial charge in [0.05, 0.1) is 0 Å². The summed E-state index contributed by atoms with van der Waals surface area (Å²) >= 11 is 0. The number of rotatable bonds is 5. The highest BCUT2D eigenvalue weighted by Crippen LogP contribution is 2.11. The molecule has 1 N–H and O–H groups in total. The molecule has 0 aliphatic heterocycles. The first kappa shape index (κ1) is 10.8. The molecule has 0 spiro atoms. The van der Waals surface area contributed by atoms with Gasteiger partial charge in [-0.25, -0.2) is 0 Å². The van der Waals surface area contributed by atoms with E-state index in [0.29, 0.717) is 0 Å². The number of hydrogen-bond donors (Lipinski definition) is 1. The minimum atomic E-state index is 1.04. The summed E-state index contributed by atoms with van der Waals surface area (Å²) in [4.78, 5) is 0. The predicted molar refractivity (Wildman–Crippen MR) is 63.0 cm³/mol. The molecule has 1 nitrogen and oxygen atoms in total. The van der Waals surface area contributed by atoms with Crippen molar-refractivity contribution in [3.8, 4) is 0 Å². The van der Waals surface area contributed by atoms with Crippen molar-refractivity contribution >= 4 is 5.70 Å². The van der Waals surface area contributed by atoms with Crippen LogP contribution in [-0.4, -0.2) is 6.54 Å². The van der Waals surface area contributed by atoms with Crippen molar-refractivity contribution in [2.24, 2.45) is 0 Å². The van der Waals surface area contributed by atoms with Gasteiger partial charge in [-0.2, -0.15) is 0 Å². The van der Waals surface area contributed by atoms with Crippen LogP contribution >= 0.6 is 0 Å². The van der Waals surface area contributed by atoms with Crippen molar-refractivity contribution in [3.05, 3.63) is 42.0 Å². The zero-order valence-corrected chi connectivity index (χ0v) is 9.09. The van der Waals surface area contributed by atoms with Crippen LogP contribution in [0.1, 0.15) is 32.3 Å². The average molecular weight is 189 g/mol. The summed E-state index contributed by atoms with van der Waals surface area (Å²) in [6, 6.07) is 10.5. The van der Waals surface area contributed by atoms with E-state index in [1.807, 2.05) is 6.07 Å². The molecule has 1 aromatic rings. The van der Waals surface area contributed by atoms with Crippen LogP contribution in [0.15, 0.2) is 36.4 Å². The van der Waals surface area contributed by atoms with Gasteiger partial charge >= 0.3 is 0 Å². The van der Waals surface area contributed by atoms with Crippen molar-refractivity contribution in [3.63, 3.8) is 0 Å². The quantitative estimate of drug-likeness (QED) is 0.748. The van der Waals surface area contributed by atoms with Crippen molar-refractivity contribution < 1.29 is 0 Å². The van der Waals surface area contributed by atoms with Gasteiger partial charge in [-0.1, -0.05) is 50.3 Å². The molecule has 0 aromatic heterocycles. The largest absolute Gasteiger partial charge is 0.385 e. The molecular formula is C13H19N. The standard InChI is InChI=1S/C13H19N/c1-3-8-13(14-11-4-2)12-9-6-5-7-10-12/h5-10,14H,3-4,11H2,1-2H3/b13-8-. The lowest BCUT2D eigenvalue weighted by Crippen LogP contribution is -2.12. The maximum atomic E-state index is 3.45. The molecule has 1 rings (SSSR count). The molecule has 0 saturated carbocycles. The summed E-state index contributed by atoms with van der Waals surface area (Å²) in [5.74, 6) is 0. The van der Waals surface area contributed by atoms with E-state index in [4.69, 9.17) is 0 Å². The molecule has 0 amide bonds. The molecule has 0 saturated heterocycles. The lowest BCUT2D eigenvalue weighted by Gasteiger charge is -2.10. The van der Waals surface area contributed by atoms with Crippen LogP contribution in [0.25, 0.3) is 5.70 Å². The Morgan fingerprint density at radius 2 is 1.93 bits per heavy atom. The molecule has 0 radical (unpaired) electrons.